The minimum atomic E-state index is -0.618. The summed E-state index contributed by atoms with van der Waals surface area (Å²) in [5.41, 5.74) is 6.40. The van der Waals surface area contributed by atoms with Crippen molar-refractivity contribution in [2.24, 2.45) is 0 Å². The summed E-state index contributed by atoms with van der Waals surface area (Å²) in [6, 6.07) is 23.4. The minimum absolute atomic E-state index is 0.198. The van der Waals surface area contributed by atoms with Gasteiger partial charge in [-0.15, -0.1) is 0 Å². The lowest BCUT2D eigenvalue weighted by Gasteiger charge is -2.27. The van der Waals surface area contributed by atoms with Crippen LogP contribution in [0.5, 0.6) is 5.75 Å². The lowest BCUT2D eigenvalue weighted by molar-refractivity contribution is 0.0737. The van der Waals surface area contributed by atoms with Crippen molar-refractivity contribution < 1.29 is 13.9 Å². The van der Waals surface area contributed by atoms with Crippen molar-refractivity contribution in [1.29, 1.82) is 0 Å². The minimum Gasteiger partial charge on any atom is -0.497 e. The van der Waals surface area contributed by atoms with Crippen LogP contribution in [-0.4, -0.2) is 22.9 Å². The summed E-state index contributed by atoms with van der Waals surface area (Å²) in [5.74, 6) is 0.0982. The number of halogens is 3. The van der Waals surface area contributed by atoms with Gasteiger partial charge in [0.05, 0.1) is 24.2 Å². The number of carbonyl (C=O) groups excluding carboxylic acids is 1. The van der Waals surface area contributed by atoms with Crippen LogP contribution in [-0.2, 0) is 13.1 Å². The van der Waals surface area contributed by atoms with E-state index in [9.17, 15) is 9.18 Å². The van der Waals surface area contributed by atoms with Crippen molar-refractivity contribution in [2.45, 2.75) is 26.1 Å². The van der Waals surface area contributed by atoms with E-state index in [-0.39, 0.29) is 12.5 Å². The Bertz CT molecular complexity index is 1780. The molecule has 1 atom stereocenters. The quantitative estimate of drug-likeness (QED) is 0.196. The van der Waals surface area contributed by atoms with Crippen LogP contribution in [0, 0.1) is 12.7 Å². The molecule has 206 valence electrons. The average molecular weight is 631 g/mol. The number of nitrogens with one attached hydrogen (secondary N) is 1. The predicted octanol–water partition coefficient (Wildman–Crippen LogP) is 8.46. The van der Waals surface area contributed by atoms with Crippen LogP contribution in [0.15, 0.2) is 89.5 Å². The molecule has 1 aliphatic heterocycles. The van der Waals surface area contributed by atoms with E-state index in [0.29, 0.717) is 33.8 Å². The second-order valence-corrected chi connectivity index (χ2v) is 11.4. The Balaban J connectivity index is 1.47. The molecule has 6 rings (SSSR count). The van der Waals surface area contributed by atoms with Gasteiger partial charge in [0.2, 0.25) is 0 Å². The number of methoxy groups -OCH3 is 1. The molecule has 0 fully saturated rings. The molecule has 0 saturated carbocycles. The van der Waals surface area contributed by atoms with Crippen LogP contribution in [0.2, 0.25) is 5.02 Å². The van der Waals surface area contributed by atoms with Gasteiger partial charge in [-0.25, -0.2) is 4.39 Å². The molecule has 0 bridgehead atoms. The van der Waals surface area contributed by atoms with Crippen molar-refractivity contribution in [3.05, 3.63) is 134 Å². The number of fused-ring (bicyclic) bond motifs is 3. The molecule has 0 aliphatic carbocycles. The Morgan fingerprint density at radius 2 is 1.76 bits per heavy atom. The molecule has 41 heavy (non-hydrogen) atoms. The van der Waals surface area contributed by atoms with Crippen LogP contribution in [0.3, 0.4) is 0 Å². The van der Waals surface area contributed by atoms with Gasteiger partial charge in [0.1, 0.15) is 11.6 Å². The predicted molar refractivity (Wildman–Crippen MR) is 164 cm³/mol. The summed E-state index contributed by atoms with van der Waals surface area (Å²) < 4.78 is 20.6. The zero-order valence-corrected chi connectivity index (χ0v) is 24.8. The Hall–Kier alpha value is -3.94. The summed E-state index contributed by atoms with van der Waals surface area (Å²) in [4.78, 5) is 20.7. The van der Waals surface area contributed by atoms with E-state index < -0.39 is 11.9 Å². The number of aryl methyl sites for hydroxylation is 1. The van der Waals surface area contributed by atoms with Crippen LogP contribution in [0.4, 0.5) is 10.1 Å². The summed E-state index contributed by atoms with van der Waals surface area (Å²) in [5, 5.41) is 4.70. The first kappa shape index (κ1) is 27.2. The van der Waals surface area contributed by atoms with Gasteiger partial charge >= 0.3 is 0 Å². The molecule has 5 nitrogen and oxygen atoms in total. The van der Waals surface area contributed by atoms with Gasteiger partial charge in [0, 0.05) is 51.0 Å². The summed E-state index contributed by atoms with van der Waals surface area (Å²) in [6.45, 7) is 2.96. The van der Waals surface area contributed by atoms with E-state index in [4.69, 9.17) is 16.3 Å². The highest BCUT2D eigenvalue weighted by Crippen LogP contribution is 2.48. The standard InChI is InChI=1S/C33H26BrClFN3O2/c1-19-3-5-20(6-4-19)17-38-28-13-14-37-31-25(28)16-26(34)29-30(31)33(40)39(18-21-7-10-23(41-2)11-8-21)32(29)24-15-22(36)9-12-27(24)35/h3-16,32H,17-18H2,1-2H3,(H,37,38). The molecule has 8 heteroatoms. The molecule has 2 heterocycles. The molecule has 5 aromatic rings. The molecule has 0 radical (unpaired) electrons. The van der Waals surface area contributed by atoms with Crippen LogP contribution in [0.1, 0.15) is 44.2 Å². The van der Waals surface area contributed by atoms with Crippen LogP contribution >= 0.6 is 27.5 Å². The van der Waals surface area contributed by atoms with Crippen molar-refractivity contribution in [1.82, 2.24) is 9.88 Å². The normalized spacial score (nSPS) is 14.4. The Morgan fingerprint density at radius 3 is 2.49 bits per heavy atom. The van der Waals surface area contributed by atoms with Gasteiger partial charge in [0.25, 0.3) is 5.91 Å². The molecule has 4 aromatic carbocycles. The van der Waals surface area contributed by atoms with Gasteiger partial charge in [-0.1, -0.05) is 69.5 Å². The third-order valence-corrected chi connectivity index (χ3v) is 8.45. The first-order chi connectivity index (χ1) is 19.8. The lowest BCUT2D eigenvalue weighted by atomic mass is 9.95. The number of carbonyl (C=O) groups is 1. The molecule has 1 unspecified atom stereocenters. The first-order valence-electron chi connectivity index (χ1n) is 13.1. The fourth-order valence-corrected chi connectivity index (χ4v) is 6.23. The van der Waals surface area contributed by atoms with E-state index in [0.717, 1.165) is 32.4 Å². The third kappa shape index (κ3) is 5.16. The van der Waals surface area contributed by atoms with Gasteiger partial charge in [-0.05, 0) is 60.5 Å². The highest BCUT2D eigenvalue weighted by Gasteiger charge is 2.42. The molecule has 0 spiro atoms. The number of pyridine rings is 1. The number of hydrogen-bond acceptors (Lipinski definition) is 4. The summed E-state index contributed by atoms with van der Waals surface area (Å²) in [6.07, 6.45) is 1.71. The largest absolute Gasteiger partial charge is 0.497 e. The van der Waals surface area contributed by atoms with E-state index in [1.54, 1.807) is 18.2 Å². The number of ether oxygens (including phenoxy) is 1. The molecule has 1 aromatic heterocycles. The maximum Gasteiger partial charge on any atom is 0.257 e. The Morgan fingerprint density at radius 1 is 1.02 bits per heavy atom. The molecular weight excluding hydrogens is 605 g/mol. The van der Waals surface area contributed by atoms with E-state index >= 15 is 0 Å². The summed E-state index contributed by atoms with van der Waals surface area (Å²) in [7, 11) is 1.61. The van der Waals surface area contributed by atoms with E-state index in [2.05, 4.69) is 57.4 Å². The monoisotopic (exact) mass is 629 g/mol. The number of rotatable bonds is 7. The smallest absolute Gasteiger partial charge is 0.257 e. The number of hydrogen-bond donors (Lipinski definition) is 1. The Labute approximate surface area is 251 Å². The molecule has 1 amide bonds. The maximum absolute atomic E-state index is 14.6. The van der Waals surface area contributed by atoms with Crippen molar-refractivity contribution in [3.63, 3.8) is 0 Å². The number of aromatic nitrogens is 1. The van der Waals surface area contributed by atoms with Gasteiger partial charge in [-0.3, -0.25) is 9.78 Å². The SMILES string of the molecule is COc1ccc(CN2C(=O)c3c(c(Br)cc4c(NCc5ccc(C)cc5)ccnc34)C2c2cc(F)ccc2Cl)cc1. The third-order valence-electron chi connectivity index (χ3n) is 7.45. The maximum atomic E-state index is 14.6. The zero-order valence-electron chi connectivity index (χ0n) is 22.4. The fraction of sp³-hybridized carbons (Fsp3) is 0.152. The van der Waals surface area contributed by atoms with Gasteiger partial charge in [-0.2, -0.15) is 0 Å². The number of anilines is 1. The second kappa shape index (κ2) is 11.1. The number of amides is 1. The van der Waals surface area contributed by atoms with Gasteiger partial charge < -0.3 is 15.0 Å². The molecule has 1 N–H and O–H groups in total. The molecule has 0 saturated heterocycles. The van der Waals surface area contributed by atoms with Crippen molar-refractivity contribution in [3.8, 4) is 5.75 Å². The van der Waals surface area contributed by atoms with Gasteiger partial charge in [0.15, 0.2) is 0 Å². The Kier molecular flexibility index (Phi) is 7.41. The van der Waals surface area contributed by atoms with Crippen molar-refractivity contribution >= 4 is 50.0 Å². The molecule has 1 aliphatic rings. The van der Waals surface area contributed by atoms with E-state index in [1.807, 2.05) is 36.4 Å². The van der Waals surface area contributed by atoms with Crippen LogP contribution < -0.4 is 10.1 Å². The highest BCUT2D eigenvalue weighted by atomic mass is 79.9. The highest BCUT2D eigenvalue weighted by molar-refractivity contribution is 9.10. The first-order valence-corrected chi connectivity index (χ1v) is 14.3. The molecular formula is C33H26BrClFN3O2. The van der Waals surface area contributed by atoms with Crippen LogP contribution in [0.25, 0.3) is 10.9 Å². The van der Waals surface area contributed by atoms with Crippen molar-refractivity contribution in [2.75, 3.05) is 12.4 Å². The fourth-order valence-electron chi connectivity index (χ4n) is 5.37. The summed E-state index contributed by atoms with van der Waals surface area (Å²) >= 11 is 10.4. The number of benzene rings is 4. The van der Waals surface area contributed by atoms with E-state index in [1.165, 1.54) is 23.8 Å². The topological polar surface area (TPSA) is 54.5 Å². The zero-order chi connectivity index (χ0) is 28.7. The second-order valence-electron chi connectivity index (χ2n) is 10.1. The average Bonchev–Trinajstić information content (AvgIpc) is 3.27. The number of nitrogens with zero attached hydrogens (tertiary/aromatic N) is 2. The lowest BCUT2D eigenvalue weighted by Crippen LogP contribution is -2.28.